The predicted molar refractivity (Wildman–Crippen MR) is 71.1 cm³/mol. The lowest BCUT2D eigenvalue weighted by Gasteiger charge is -2.26. The highest BCUT2D eigenvalue weighted by Crippen LogP contribution is 2.22. The molecule has 0 saturated carbocycles. The lowest BCUT2D eigenvalue weighted by molar-refractivity contribution is 0.122. The number of ether oxygens (including phenoxy) is 1. The van der Waals surface area contributed by atoms with Crippen LogP contribution in [-0.2, 0) is 4.74 Å². The highest BCUT2D eigenvalue weighted by molar-refractivity contribution is 6.28. The van der Waals surface area contributed by atoms with E-state index in [1.54, 1.807) is 0 Å². The molecule has 0 atom stereocenters. The third kappa shape index (κ3) is 2.68. The van der Waals surface area contributed by atoms with E-state index in [0.717, 1.165) is 6.20 Å². The van der Waals surface area contributed by atoms with Crippen molar-refractivity contribution in [3.63, 3.8) is 0 Å². The molecule has 8 heteroatoms. The molecule has 0 amide bonds. The van der Waals surface area contributed by atoms with Gasteiger partial charge in [-0.2, -0.15) is 15.0 Å². The van der Waals surface area contributed by atoms with Gasteiger partial charge in [0, 0.05) is 19.3 Å². The Hall–Kier alpha value is -1.86. The van der Waals surface area contributed by atoms with Crippen molar-refractivity contribution in [3.05, 3.63) is 29.6 Å². The quantitative estimate of drug-likeness (QED) is 0.838. The summed E-state index contributed by atoms with van der Waals surface area (Å²) >= 11 is 5.91. The molecule has 1 aliphatic heterocycles. The highest BCUT2D eigenvalue weighted by atomic mass is 35.5. The van der Waals surface area contributed by atoms with Crippen LogP contribution in [0.25, 0.3) is 11.4 Å². The van der Waals surface area contributed by atoms with Crippen LogP contribution in [0.15, 0.2) is 18.5 Å². The zero-order chi connectivity index (χ0) is 13.9. The molecule has 0 N–H and O–H groups in total. The first-order valence-corrected chi connectivity index (χ1v) is 6.46. The van der Waals surface area contributed by atoms with E-state index in [0.29, 0.717) is 32.3 Å². The zero-order valence-electron chi connectivity index (χ0n) is 10.5. The van der Waals surface area contributed by atoms with Crippen molar-refractivity contribution in [2.75, 3.05) is 31.2 Å². The number of hydrogen-bond acceptors (Lipinski definition) is 6. The monoisotopic (exact) mass is 295 g/mol. The number of nitrogens with zero attached hydrogens (tertiary/aromatic N) is 5. The molecule has 3 heterocycles. The Labute approximate surface area is 119 Å². The summed E-state index contributed by atoms with van der Waals surface area (Å²) < 4.78 is 19.0. The number of rotatable bonds is 2. The van der Waals surface area contributed by atoms with Gasteiger partial charge in [0.05, 0.1) is 25.0 Å². The molecule has 0 bridgehead atoms. The van der Waals surface area contributed by atoms with Gasteiger partial charge in [-0.1, -0.05) is 0 Å². The SMILES string of the molecule is Fc1cnccc1-c1nc(Cl)nc(N2CCOCC2)n1. The summed E-state index contributed by atoms with van der Waals surface area (Å²) in [5, 5.41) is 0.0349. The number of aromatic nitrogens is 4. The lowest BCUT2D eigenvalue weighted by Crippen LogP contribution is -2.37. The molecule has 0 aromatic carbocycles. The van der Waals surface area contributed by atoms with Gasteiger partial charge in [-0.3, -0.25) is 4.98 Å². The first-order valence-electron chi connectivity index (χ1n) is 6.08. The van der Waals surface area contributed by atoms with Gasteiger partial charge in [-0.15, -0.1) is 0 Å². The molecule has 0 aliphatic carbocycles. The van der Waals surface area contributed by atoms with Crippen LogP contribution in [0.3, 0.4) is 0 Å². The Kier molecular flexibility index (Phi) is 3.70. The van der Waals surface area contributed by atoms with Gasteiger partial charge in [-0.05, 0) is 17.7 Å². The molecule has 0 radical (unpaired) electrons. The summed E-state index contributed by atoms with van der Waals surface area (Å²) in [6, 6.07) is 1.50. The van der Waals surface area contributed by atoms with Crippen molar-refractivity contribution in [1.82, 2.24) is 19.9 Å². The van der Waals surface area contributed by atoms with Crippen molar-refractivity contribution >= 4 is 17.5 Å². The number of pyridine rings is 1. The average molecular weight is 296 g/mol. The fourth-order valence-corrected chi connectivity index (χ4v) is 2.08. The summed E-state index contributed by atoms with van der Waals surface area (Å²) in [5.74, 6) is 0.133. The van der Waals surface area contributed by atoms with E-state index in [1.165, 1.54) is 12.3 Å². The third-order valence-corrected chi connectivity index (χ3v) is 3.07. The van der Waals surface area contributed by atoms with Crippen molar-refractivity contribution < 1.29 is 9.13 Å². The van der Waals surface area contributed by atoms with Gasteiger partial charge >= 0.3 is 0 Å². The molecule has 2 aromatic heterocycles. The zero-order valence-corrected chi connectivity index (χ0v) is 11.2. The number of halogens is 2. The van der Waals surface area contributed by atoms with Crippen LogP contribution in [0.1, 0.15) is 0 Å². The number of anilines is 1. The van der Waals surface area contributed by atoms with Crippen molar-refractivity contribution in [1.29, 1.82) is 0 Å². The molecule has 6 nitrogen and oxygen atoms in total. The van der Waals surface area contributed by atoms with Gasteiger partial charge in [0.15, 0.2) is 11.6 Å². The van der Waals surface area contributed by atoms with Crippen LogP contribution in [-0.4, -0.2) is 46.2 Å². The fraction of sp³-hybridized carbons (Fsp3) is 0.333. The highest BCUT2D eigenvalue weighted by Gasteiger charge is 2.17. The summed E-state index contributed by atoms with van der Waals surface area (Å²) in [4.78, 5) is 18.0. The second-order valence-corrected chi connectivity index (χ2v) is 4.52. The van der Waals surface area contributed by atoms with Crippen molar-refractivity contribution in [2.24, 2.45) is 0 Å². The summed E-state index contributed by atoms with van der Waals surface area (Å²) in [5.41, 5.74) is 0.249. The normalized spacial score (nSPS) is 15.4. The molecule has 104 valence electrons. The van der Waals surface area contributed by atoms with E-state index in [2.05, 4.69) is 19.9 Å². The van der Waals surface area contributed by atoms with Crippen molar-refractivity contribution in [2.45, 2.75) is 0 Å². The predicted octanol–water partition coefficient (Wildman–Crippen LogP) is 1.56. The maximum Gasteiger partial charge on any atom is 0.230 e. The largest absolute Gasteiger partial charge is 0.378 e. The van der Waals surface area contributed by atoms with E-state index in [4.69, 9.17) is 16.3 Å². The topological polar surface area (TPSA) is 64.0 Å². The van der Waals surface area contributed by atoms with Gasteiger partial charge in [0.1, 0.15) is 0 Å². The number of morpholine rings is 1. The first kappa shape index (κ1) is 13.1. The smallest absolute Gasteiger partial charge is 0.230 e. The molecule has 1 saturated heterocycles. The van der Waals surface area contributed by atoms with Gasteiger partial charge in [0.2, 0.25) is 11.2 Å². The van der Waals surface area contributed by atoms with Gasteiger partial charge < -0.3 is 9.64 Å². The van der Waals surface area contributed by atoms with Crippen LogP contribution in [0.2, 0.25) is 5.28 Å². The van der Waals surface area contributed by atoms with Crippen LogP contribution >= 0.6 is 11.6 Å². The number of hydrogen-bond donors (Lipinski definition) is 0. The molecule has 1 fully saturated rings. The minimum Gasteiger partial charge on any atom is -0.378 e. The molecule has 20 heavy (non-hydrogen) atoms. The van der Waals surface area contributed by atoms with E-state index in [-0.39, 0.29) is 16.7 Å². The van der Waals surface area contributed by atoms with Crippen molar-refractivity contribution in [3.8, 4) is 11.4 Å². The minimum absolute atomic E-state index is 0.0349. The molecule has 2 aromatic rings. The standard InChI is InChI=1S/C12H11ClFN5O/c13-11-16-10(8-1-2-15-7-9(8)14)17-12(18-11)19-3-5-20-6-4-19/h1-2,7H,3-6H2. The molecular formula is C12H11ClFN5O. The minimum atomic E-state index is -0.498. The Morgan fingerprint density at radius 1 is 1.20 bits per heavy atom. The third-order valence-electron chi connectivity index (χ3n) is 2.90. The molecular weight excluding hydrogens is 285 g/mol. The van der Waals surface area contributed by atoms with Crippen LogP contribution in [0.5, 0.6) is 0 Å². The Morgan fingerprint density at radius 3 is 2.75 bits per heavy atom. The summed E-state index contributed by atoms with van der Waals surface area (Å²) in [6.07, 6.45) is 2.59. The van der Waals surface area contributed by atoms with Gasteiger partial charge in [0.25, 0.3) is 0 Å². The Morgan fingerprint density at radius 2 is 2.00 bits per heavy atom. The van der Waals surface area contributed by atoms with Gasteiger partial charge in [-0.25, -0.2) is 4.39 Å². The Bertz CT molecular complexity index is 621. The molecule has 0 unspecified atom stereocenters. The van der Waals surface area contributed by atoms with Crippen LogP contribution < -0.4 is 4.90 Å². The van der Waals surface area contributed by atoms with Crippen LogP contribution in [0, 0.1) is 5.82 Å². The van der Waals surface area contributed by atoms with E-state index >= 15 is 0 Å². The second kappa shape index (κ2) is 5.64. The summed E-state index contributed by atoms with van der Waals surface area (Å²) in [7, 11) is 0. The maximum absolute atomic E-state index is 13.7. The van der Waals surface area contributed by atoms with E-state index in [1.807, 2.05) is 4.90 Å². The second-order valence-electron chi connectivity index (χ2n) is 4.18. The fourth-order valence-electron chi connectivity index (χ4n) is 1.92. The molecule has 3 rings (SSSR count). The molecule has 0 spiro atoms. The molecule has 1 aliphatic rings. The summed E-state index contributed by atoms with van der Waals surface area (Å²) in [6.45, 7) is 2.53. The lowest BCUT2D eigenvalue weighted by atomic mass is 10.2. The Balaban J connectivity index is 2.00. The maximum atomic E-state index is 13.7. The first-order chi connectivity index (χ1) is 9.74. The van der Waals surface area contributed by atoms with Crippen LogP contribution in [0.4, 0.5) is 10.3 Å². The van der Waals surface area contributed by atoms with E-state index in [9.17, 15) is 4.39 Å². The average Bonchev–Trinajstić information content (AvgIpc) is 2.48. The van der Waals surface area contributed by atoms with E-state index < -0.39 is 5.82 Å².